The standard InChI is InChI=1S/C15H21BrN2O2/c1-3-20-14(19)15(8-9-17-10-11(15)2)18-13-7-5-4-6-12(13)16/h4-7,11,17-18H,3,8-10H2,1-2H3. The zero-order valence-electron chi connectivity index (χ0n) is 11.9. The van der Waals surface area contributed by atoms with E-state index >= 15 is 0 Å². The predicted octanol–water partition coefficient (Wildman–Crippen LogP) is 2.79. The maximum absolute atomic E-state index is 12.5. The number of anilines is 1. The summed E-state index contributed by atoms with van der Waals surface area (Å²) in [5.74, 6) is -0.00726. The van der Waals surface area contributed by atoms with Gasteiger partial charge in [0.15, 0.2) is 0 Å². The van der Waals surface area contributed by atoms with Crippen LogP contribution in [0.1, 0.15) is 20.3 Å². The van der Waals surface area contributed by atoms with Gasteiger partial charge in [-0.25, -0.2) is 4.79 Å². The van der Waals surface area contributed by atoms with Gasteiger partial charge in [-0.2, -0.15) is 0 Å². The van der Waals surface area contributed by atoms with Crippen molar-refractivity contribution in [2.75, 3.05) is 25.0 Å². The first kappa shape index (κ1) is 15.3. The van der Waals surface area contributed by atoms with Crippen molar-refractivity contribution in [1.29, 1.82) is 0 Å². The predicted molar refractivity (Wildman–Crippen MR) is 83.8 cm³/mol. The zero-order chi connectivity index (χ0) is 14.6. The molecular formula is C15H21BrN2O2. The summed E-state index contributed by atoms with van der Waals surface area (Å²) >= 11 is 3.53. The van der Waals surface area contributed by atoms with E-state index in [-0.39, 0.29) is 11.9 Å². The number of benzene rings is 1. The zero-order valence-corrected chi connectivity index (χ0v) is 13.5. The Hall–Kier alpha value is -1.07. The van der Waals surface area contributed by atoms with E-state index in [1.165, 1.54) is 0 Å². The van der Waals surface area contributed by atoms with Crippen LogP contribution in [0, 0.1) is 5.92 Å². The lowest BCUT2D eigenvalue weighted by Crippen LogP contribution is -2.59. The summed E-state index contributed by atoms with van der Waals surface area (Å²) in [5.41, 5.74) is 0.264. The molecule has 2 N–H and O–H groups in total. The average Bonchev–Trinajstić information content (AvgIpc) is 2.44. The molecule has 1 fully saturated rings. The Balaban J connectivity index is 2.31. The lowest BCUT2D eigenvalue weighted by Gasteiger charge is -2.42. The minimum atomic E-state index is -0.662. The summed E-state index contributed by atoms with van der Waals surface area (Å²) in [5, 5.41) is 6.76. The van der Waals surface area contributed by atoms with Crippen molar-refractivity contribution in [3.63, 3.8) is 0 Å². The number of carbonyl (C=O) groups is 1. The third kappa shape index (κ3) is 2.99. The molecule has 4 nitrogen and oxygen atoms in total. The number of esters is 1. The number of halogens is 1. The number of piperidine rings is 1. The van der Waals surface area contributed by atoms with Gasteiger partial charge in [-0.05, 0) is 48.0 Å². The molecule has 0 aromatic heterocycles. The highest BCUT2D eigenvalue weighted by Gasteiger charge is 2.46. The quantitative estimate of drug-likeness (QED) is 0.827. The lowest BCUT2D eigenvalue weighted by atomic mass is 9.79. The number of ether oxygens (including phenoxy) is 1. The van der Waals surface area contributed by atoms with Crippen molar-refractivity contribution in [2.45, 2.75) is 25.8 Å². The Kier molecular flexibility index (Phi) is 5.05. The second kappa shape index (κ2) is 6.59. The van der Waals surface area contributed by atoms with Crippen molar-refractivity contribution in [3.05, 3.63) is 28.7 Å². The second-order valence-electron chi connectivity index (χ2n) is 5.15. The Morgan fingerprint density at radius 1 is 1.55 bits per heavy atom. The third-order valence-corrected chi connectivity index (χ3v) is 4.55. The minimum Gasteiger partial charge on any atom is -0.464 e. The molecule has 0 bridgehead atoms. The summed E-state index contributed by atoms with van der Waals surface area (Å²) in [6.45, 7) is 5.93. The topological polar surface area (TPSA) is 50.4 Å². The molecular weight excluding hydrogens is 320 g/mol. The van der Waals surface area contributed by atoms with Crippen molar-refractivity contribution >= 4 is 27.6 Å². The molecule has 2 rings (SSSR count). The maximum atomic E-state index is 12.5. The SMILES string of the molecule is CCOC(=O)C1(Nc2ccccc2Br)CCNCC1C. The molecule has 2 atom stereocenters. The number of rotatable bonds is 4. The van der Waals surface area contributed by atoms with Gasteiger partial charge in [-0.1, -0.05) is 19.1 Å². The van der Waals surface area contributed by atoms with Gasteiger partial charge in [0.25, 0.3) is 0 Å². The van der Waals surface area contributed by atoms with Crippen molar-refractivity contribution < 1.29 is 9.53 Å². The van der Waals surface area contributed by atoms with Crippen LogP contribution in [0.2, 0.25) is 0 Å². The highest BCUT2D eigenvalue weighted by molar-refractivity contribution is 9.10. The van der Waals surface area contributed by atoms with E-state index in [2.05, 4.69) is 33.5 Å². The molecule has 0 saturated carbocycles. The molecule has 0 radical (unpaired) electrons. The summed E-state index contributed by atoms with van der Waals surface area (Å²) in [6, 6.07) is 7.85. The molecule has 0 spiro atoms. The van der Waals surface area contributed by atoms with Crippen molar-refractivity contribution in [3.8, 4) is 0 Å². The van der Waals surface area contributed by atoms with Crippen LogP contribution in [0.3, 0.4) is 0 Å². The van der Waals surface area contributed by atoms with Gasteiger partial charge in [0.1, 0.15) is 5.54 Å². The first-order chi connectivity index (χ1) is 9.60. The average molecular weight is 341 g/mol. The van der Waals surface area contributed by atoms with Gasteiger partial charge in [0.05, 0.1) is 6.61 Å². The van der Waals surface area contributed by atoms with Gasteiger partial charge < -0.3 is 15.4 Å². The molecule has 5 heteroatoms. The molecule has 0 aliphatic carbocycles. The molecule has 1 aliphatic rings. The molecule has 20 heavy (non-hydrogen) atoms. The molecule has 2 unspecified atom stereocenters. The fourth-order valence-corrected chi connectivity index (χ4v) is 3.01. The summed E-state index contributed by atoms with van der Waals surface area (Å²) < 4.78 is 6.28. The van der Waals surface area contributed by atoms with Gasteiger partial charge in [0, 0.05) is 22.6 Å². The van der Waals surface area contributed by atoms with Gasteiger partial charge in [-0.15, -0.1) is 0 Å². The van der Waals surface area contributed by atoms with E-state index in [1.54, 1.807) is 0 Å². The van der Waals surface area contributed by atoms with Crippen LogP contribution >= 0.6 is 15.9 Å². The van der Waals surface area contributed by atoms with Gasteiger partial charge in [0.2, 0.25) is 0 Å². The Morgan fingerprint density at radius 3 is 2.95 bits per heavy atom. The first-order valence-corrected chi connectivity index (χ1v) is 7.80. The van der Waals surface area contributed by atoms with Crippen molar-refractivity contribution in [1.82, 2.24) is 5.32 Å². The normalized spacial score (nSPS) is 26.1. The number of nitrogens with one attached hydrogen (secondary N) is 2. The van der Waals surface area contributed by atoms with Crippen LogP contribution in [-0.2, 0) is 9.53 Å². The molecule has 1 aromatic carbocycles. The first-order valence-electron chi connectivity index (χ1n) is 7.01. The summed E-state index contributed by atoms with van der Waals surface area (Å²) in [4.78, 5) is 12.5. The van der Waals surface area contributed by atoms with E-state index in [0.29, 0.717) is 13.0 Å². The van der Waals surface area contributed by atoms with E-state index < -0.39 is 5.54 Å². The van der Waals surface area contributed by atoms with Gasteiger partial charge in [-0.3, -0.25) is 0 Å². The smallest absolute Gasteiger partial charge is 0.332 e. The fraction of sp³-hybridized carbons (Fsp3) is 0.533. The molecule has 1 aromatic rings. The lowest BCUT2D eigenvalue weighted by molar-refractivity contribution is -0.151. The molecule has 0 amide bonds. The Morgan fingerprint density at radius 2 is 2.30 bits per heavy atom. The van der Waals surface area contributed by atoms with Crippen LogP contribution in [0.25, 0.3) is 0 Å². The maximum Gasteiger partial charge on any atom is 0.332 e. The Labute approximate surface area is 128 Å². The highest BCUT2D eigenvalue weighted by atomic mass is 79.9. The third-order valence-electron chi connectivity index (χ3n) is 3.86. The fourth-order valence-electron chi connectivity index (χ4n) is 2.63. The molecule has 1 aliphatic heterocycles. The number of carbonyl (C=O) groups excluding carboxylic acids is 1. The van der Waals surface area contributed by atoms with E-state index in [1.807, 2.05) is 31.2 Å². The second-order valence-corrected chi connectivity index (χ2v) is 6.01. The largest absolute Gasteiger partial charge is 0.464 e. The minimum absolute atomic E-state index is 0.155. The monoisotopic (exact) mass is 340 g/mol. The number of hydrogen-bond donors (Lipinski definition) is 2. The number of hydrogen-bond acceptors (Lipinski definition) is 4. The molecule has 110 valence electrons. The van der Waals surface area contributed by atoms with Gasteiger partial charge >= 0.3 is 5.97 Å². The molecule has 1 saturated heterocycles. The molecule has 1 heterocycles. The van der Waals surface area contributed by atoms with Crippen molar-refractivity contribution in [2.24, 2.45) is 5.92 Å². The Bertz CT molecular complexity index is 481. The highest BCUT2D eigenvalue weighted by Crippen LogP contribution is 2.33. The van der Waals surface area contributed by atoms with Crippen LogP contribution < -0.4 is 10.6 Å². The summed E-state index contributed by atoms with van der Waals surface area (Å²) in [7, 11) is 0. The van der Waals surface area contributed by atoms with Crippen LogP contribution in [0.15, 0.2) is 28.7 Å². The van der Waals surface area contributed by atoms with E-state index in [4.69, 9.17) is 4.74 Å². The van der Waals surface area contributed by atoms with Crippen LogP contribution in [-0.4, -0.2) is 31.2 Å². The van der Waals surface area contributed by atoms with Crippen LogP contribution in [0.4, 0.5) is 5.69 Å². The van der Waals surface area contributed by atoms with E-state index in [9.17, 15) is 4.79 Å². The number of para-hydroxylation sites is 1. The summed E-state index contributed by atoms with van der Waals surface area (Å²) in [6.07, 6.45) is 0.717. The van der Waals surface area contributed by atoms with E-state index in [0.717, 1.165) is 23.2 Å². The van der Waals surface area contributed by atoms with Crippen LogP contribution in [0.5, 0.6) is 0 Å².